The number of aliphatic imine (C=N–C) groups is 1. The number of rotatable bonds is 5. The summed E-state index contributed by atoms with van der Waals surface area (Å²) in [6, 6.07) is 16.3. The van der Waals surface area contributed by atoms with Gasteiger partial charge < -0.3 is 14.4 Å². The van der Waals surface area contributed by atoms with Crippen LogP contribution in [-0.4, -0.2) is 43.3 Å². The van der Waals surface area contributed by atoms with E-state index in [4.69, 9.17) is 9.47 Å². The van der Waals surface area contributed by atoms with Gasteiger partial charge in [-0.05, 0) is 54.6 Å². The van der Waals surface area contributed by atoms with Crippen LogP contribution in [0.15, 0.2) is 58.4 Å². The van der Waals surface area contributed by atoms with Crippen LogP contribution in [0.25, 0.3) is 6.08 Å². The van der Waals surface area contributed by atoms with Crippen LogP contribution in [-0.2, 0) is 11.2 Å². The second-order valence-corrected chi connectivity index (χ2v) is 8.52. The maximum atomic E-state index is 12.5. The summed E-state index contributed by atoms with van der Waals surface area (Å²) in [7, 11) is 3.21. The van der Waals surface area contributed by atoms with Crippen molar-refractivity contribution in [3.05, 3.63) is 64.6 Å². The molecular formula is C24H26N2O3S. The van der Waals surface area contributed by atoms with Gasteiger partial charge >= 0.3 is 0 Å². The lowest BCUT2D eigenvalue weighted by Crippen LogP contribution is -2.37. The Bertz CT molecular complexity index is 964. The molecule has 2 aromatic carbocycles. The van der Waals surface area contributed by atoms with Crippen molar-refractivity contribution in [2.24, 2.45) is 10.9 Å². The second kappa shape index (κ2) is 9.39. The highest BCUT2D eigenvalue weighted by atomic mass is 32.2. The van der Waals surface area contributed by atoms with Crippen molar-refractivity contribution in [2.75, 3.05) is 27.3 Å². The van der Waals surface area contributed by atoms with Gasteiger partial charge in [0.2, 0.25) is 0 Å². The molecule has 5 nitrogen and oxygen atoms in total. The number of amidine groups is 1. The summed E-state index contributed by atoms with van der Waals surface area (Å²) in [4.78, 5) is 19.7. The number of amides is 1. The fraction of sp³-hybridized carbons (Fsp3) is 0.333. The lowest BCUT2D eigenvalue weighted by atomic mass is 9.90. The van der Waals surface area contributed by atoms with E-state index in [9.17, 15) is 4.79 Å². The van der Waals surface area contributed by atoms with Crippen molar-refractivity contribution in [1.82, 2.24) is 4.90 Å². The normalized spacial score (nSPS) is 18.6. The monoisotopic (exact) mass is 422 g/mol. The first-order valence-electron chi connectivity index (χ1n) is 10.2. The quantitative estimate of drug-likeness (QED) is 0.658. The molecule has 4 rings (SSSR count). The predicted octanol–water partition coefficient (Wildman–Crippen LogP) is 4.63. The summed E-state index contributed by atoms with van der Waals surface area (Å²) in [5.74, 6) is 1.76. The summed E-state index contributed by atoms with van der Waals surface area (Å²) in [5, 5.41) is 0.811. The fourth-order valence-corrected chi connectivity index (χ4v) is 4.93. The van der Waals surface area contributed by atoms with Gasteiger partial charge in [0.1, 0.15) is 0 Å². The van der Waals surface area contributed by atoms with E-state index in [2.05, 4.69) is 40.2 Å². The zero-order valence-corrected chi connectivity index (χ0v) is 18.2. The van der Waals surface area contributed by atoms with Gasteiger partial charge in [-0.25, -0.2) is 0 Å². The highest BCUT2D eigenvalue weighted by Crippen LogP contribution is 2.37. The Balaban J connectivity index is 1.40. The molecule has 2 aliphatic rings. The van der Waals surface area contributed by atoms with E-state index in [0.29, 0.717) is 22.3 Å². The molecule has 2 aliphatic heterocycles. The largest absolute Gasteiger partial charge is 0.493 e. The van der Waals surface area contributed by atoms with Gasteiger partial charge in [-0.15, -0.1) is 0 Å². The first kappa shape index (κ1) is 20.5. The van der Waals surface area contributed by atoms with Crippen molar-refractivity contribution in [3.8, 4) is 11.5 Å². The first-order valence-corrected chi connectivity index (χ1v) is 11.0. The van der Waals surface area contributed by atoms with Crippen LogP contribution in [0.1, 0.15) is 24.0 Å². The summed E-state index contributed by atoms with van der Waals surface area (Å²) in [5.41, 5.74) is 2.21. The molecule has 0 N–H and O–H groups in total. The number of benzene rings is 2. The standard InChI is InChI=1S/C24H26N2O3S/c1-28-20-10-6-9-19(22(20)29-2)16-21-23(27)25-24(30-21)26-13-11-18(12-14-26)15-17-7-4-3-5-8-17/h3-10,16,18H,11-15H2,1-2H3/b21-16-. The zero-order chi connectivity index (χ0) is 20.9. The predicted molar refractivity (Wildman–Crippen MR) is 122 cm³/mol. The molecule has 6 heteroatoms. The lowest BCUT2D eigenvalue weighted by Gasteiger charge is -2.32. The number of likely N-dealkylation sites (tertiary alicyclic amines) is 1. The van der Waals surface area contributed by atoms with E-state index in [1.165, 1.54) is 17.3 Å². The minimum absolute atomic E-state index is 0.189. The number of para-hydroxylation sites is 1. The molecule has 1 amide bonds. The molecule has 2 aromatic rings. The molecule has 0 spiro atoms. The molecule has 0 bridgehead atoms. The third-order valence-electron chi connectivity index (χ3n) is 5.58. The lowest BCUT2D eigenvalue weighted by molar-refractivity contribution is -0.113. The van der Waals surface area contributed by atoms with Crippen LogP contribution in [0.4, 0.5) is 0 Å². The fourth-order valence-electron chi connectivity index (χ4n) is 3.98. The Morgan fingerprint density at radius 3 is 2.53 bits per heavy atom. The molecule has 2 heterocycles. The van der Waals surface area contributed by atoms with Gasteiger partial charge in [-0.1, -0.05) is 42.5 Å². The van der Waals surface area contributed by atoms with E-state index >= 15 is 0 Å². The topological polar surface area (TPSA) is 51.1 Å². The minimum Gasteiger partial charge on any atom is -0.493 e. The molecule has 30 heavy (non-hydrogen) atoms. The Labute approximate surface area is 181 Å². The van der Waals surface area contributed by atoms with Crippen molar-refractivity contribution in [3.63, 3.8) is 0 Å². The van der Waals surface area contributed by atoms with E-state index in [1.54, 1.807) is 14.2 Å². The van der Waals surface area contributed by atoms with Crippen molar-refractivity contribution < 1.29 is 14.3 Å². The van der Waals surface area contributed by atoms with E-state index < -0.39 is 0 Å². The molecule has 0 radical (unpaired) electrons. The minimum atomic E-state index is -0.189. The Hall–Kier alpha value is -2.73. The van der Waals surface area contributed by atoms with Crippen LogP contribution < -0.4 is 9.47 Å². The van der Waals surface area contributed by atoms with Crippen LogP contribution in [0.2, 0.25) is 0 Å². The molecule has 0 unspecified atom stereocenters. The summed E-state index contributed by atoms with van der Waals surface area (Å²) >= 11 is 1.45. The molecular weight excluding hydrogens is 396 g/mol. The van der Waals surface area contributed by atoms with E-state index in [0.717, 1.165) is 43.1 Å². The average molecular weight is 423 g/mol. The highest BCUT2D eigenvalue weighted by molar-refractivity contribution is 8.18. The highest BCUT2D eigenvalue weighted by Gasteiger charge is 2.29. The van der Waals surface area contributed by atoms with Gasteiger partial charge in [0.05, 0.1) is 19.1 Å². The molecule has 1 saturated heterocycles. The SMILES string of the molecule is COc1cccc(/C=C2\SC(N3CCC(Cc4ccccc4)CC3)=NC2=O)c1OC. The third-order valence-corrected chi connectivity index (χ3v) is 6.63. The number of nitrogens with zero attached hydrogens (tertiary/aromatic N) is 2. The van der Waals surface area contributed by atoms with Crippen LogP contribution >= 0.6 is 11.8 Å². The molecule has 156 valence electrons. The van der Waals surface area contributed by atoms with Crippen LogP contribution in [0, 0.1) is 5.92 Å². The van der Waals surface area contributed by atoms with Crippen LogP contribution in [0.5, 0.6) is 11.5 Å². The number of hydrogen-bond acceptors (Lipinski definition) is 5. The maximum Gasteiger partial charge on any atom is 0.286 e. The molecule has 0 aromatic heterocycles. The van der Waals surface area contributed by atoms with Crippen LogP contribution in [0.3, 0.4) is 0 Å². The van der Waals surface area contributed by atoms with Gasteiger partial charge in [0.15, 0.2) is 16.7 Å². The molecule has 0 aliphatic carbocycles. The first-order chi connectivity index (χ1) is 14.7. The number of thioether (sulfide) groups is 1. The summed E-state index contributed by atoms with van der Waals surface area (Å²) in [6.45, 7) is 1.87. The van der Waals surface area contributed by atoms with E-state index in [-0.39, 0.29) is 5.91 Å². The number of methoxy groups -OCH3 is 2. The van der Waals surface area contributed by atoms with Gasteiger partial charge in [-0.3, -0.25) is 4.79 Å². The molecule has 0 atom stereocenters. The summed E-state index contributed by atoms with van der Waals surface area (Å²) in [6.07, 6.45) is 5.19. The number of piperidine rings is 1. The Morgan fingerprint density at radius 1 is 1.07 bits per heavy atom. The van der Waals surface area contributed by atoms with Crippen molar-refractivity contribution in [1.29, 1.82) is 0 Å². The van der Waals surface area contributed by atoms with Gasteiger partial charge in [-0.2, -0.15) is 4.99 Å². The zero-order valence-electron chi connectivity index (χ0n) is 17.3. The third kappa shape index (κ3) is 4.54. The number of carbonyl (C=O) groups excluding carboxylic acids is 1. The van der Waals surface area contributed by atoms with Crippen molar-refractivity contribution >= 4 is 28.9 Å². The maximum absolute atomic E-state index is 12.5. The Kier molecular flexibility index (Phi) is 6.43. The smallest absolute Gasteiger partial charge is 0.286 e. The molecule has 1 fully saturated rings. The second-order valence-electron chi connectivity index (χ2n) is 7.51. The van der Waals surface area contributed by atoms with E-state index in [1.807, 2.05) is 24.3 Å². The van der Waals surface area contributed by atoms with Crippen molar-refractivity contribution in [2.45, 2.75) is 19.3 Å². The average Bonchev–Trinajstić information content (AvgIpc) is 3.15. The Morgan fingerprint density at radius 2 is 1.83 bits per heavy atom. The summed E-state index contributed by atoms with van der Waals surface area (Å²) < 4.78 is 10.8. The number of hydrogen-bond donors (Lipinski definition) is 0. The number of carbonyl (C=O) groups is 1. The van der Waals surface area contributed by atoms with Gasteiger partial charge in [0.25, 0.3) is 5.91 Å². The molecule has 0 saturated carbocycles. The van der Waals surface area contributed by atoms with Gasteiger partial charge in [0, 0.05) is 18.7 Å². The number of ether oxygens (including phenoxy) is 2.